The fraction of sp³-hybridized carbons (Fsp3) is 0.261. The van der Waals surface area contributed by atoms with E-state index in [1.165, 1.54) is 30.3 Å². The highest BCUT2D eigenvalue weighted by Gasteiger charge is 2.43. The third-order valence-corrected chi connectivity index (χ3v) is 5.57. The lowest BCUT2D eigenvalue weighted by Gasteiger charge is -2.17. The first kappa shape index (κ1) is 30.3. The Bertz CT molecular complexity index is 1220. The molecule has 0 aliphatic carbocycles. The maximum atomic E-state index is 12.6. The molecule has 0 aliphatic rings. The number of rotatable bonds is 13. The van der Waals surface area contributed by atoms with Crippen LogP contribution in [0.2, 0.25) is 0 Å². The zero-order valence-corrected chi connectivity index (χ0v) is 20.6. The molecule has 0 bridgehead atoms. The maximum Gasteiger partial charge on any atom is 0.491 e. The van der Waals surface area contributed by atoms with Gasteiger partial charge >= 0.3 is 18.1 Å². The van der Waals surface area contributed by atoms with Crippen LogP contribution in [0.4, 0.5) is 13.2 Å². The normalized spacial score (nSPS) is 12.6. The molecule has 0 spiro atoms. The van der Waals surface area contributed by atoms with Crippen LogP contribution in [0.5, 0.6) is 5.75 Å². The van der Waals surface area contributed by atoms with Gasteiger partial charge in [0.2, 0.25) is 16.0 Å². The number of hydrogen-bond donors (Lipinski definition) is 4. The van der Waals surface area contributed by atoms with Crippen molar-refractivity contribution in [3.63, 3.8) is 0 Å². The minimum absolute atomic E-state index is 0.205. The number of hydrogen-bond acceptors (Lipinski definition) is 8. The number of halogens is 3. The largest absolute Gasteiger partial charge is 0.494 e. The van der Waals surface area contributed by atoms with Crippen molar-refractivity contribution in [2.75, 3.05) is 13.2 Å². The van der Waals surface area contributed by atoms with Crippen LogP contribution in [0.1, 0.15) is 17.5 Å². The lowest BCUT2D eigenvalue weighted by molar-refractivity contribution is -0.202. The van der Waals surface area contributed by atoms with Crippen molar-refractivity contribution >= 4 is 34.0 Å². The predicted molar refractivity (Wildman–Crippen MR) is 130 cm³/mol. The van der Waals surface area contributed by atoms with Crippen molar-refractivity contribution in [1.82, 2.24) is 10.2 Å². The van der Waals surface area contributed by atoms with Crippen molar-refractivity contribution in [2.24, 2.45) is 5.73 Å². The molecule has 15 heteroatoms. The van der Waals surface area contributed by atoms with Gasteiger partial charge < -0.3 is 15.2 Å². The van der Waals surface area contributed by atoms with Crippen LogP contribution in [-0.2, 0) is 35.6 Å². The quantitative estimate of drug-likeness (QED) is 0.0717. The number of nitrogens with one attached hydrogen (secondary N) is 3. The van der Waals surface area contributed by atoms with Gasteiger partial charge in [-0.2, -0.15) is 17.9 Å². The Kier molecular flexibility index (Phi) is 11.2. The van der Waals surface area contributed by atoms with Gasteiger partial charge in [-0.1, -0.05) is 42.5 Å². The van der Waals surface area contributed by atoms with Gasteiger partial charge in [-0.3, -0.25) is 10.2 Å². The summed E-state index contributed by atoms with van der Waals surface area (Å²) in [6.45, 7) is 0.442. The molecule has 0 aromatic heterocycles. The molecule has 0 unspecified atom stereocenters. The van der Waals surface area contributed by atoms with Crippen LogP contribution < -0.4 is 20.7 Å². The molecule has 2 rings (SSSR count). The summed E-state index contributed by atoms with van der Waals surface area (Å²) in [7, 11) is -4.34. The van der Waals surface area contributed by atoms with E-state index in [1.54, 1.807) is 30.3 Å². The molecule has 2 aromatic carbocycles. The second-order valence-corrected chi connectivity index (χ2v) is 9.15. The van der Waals surface area contributed by atoms with Crippen molar-refractivity contribution < 1.29 is 45.5 Å². The van der Waals surface area contributed by atoms with Crippen LogP contribution >= 0.6 is 0 Å². The molecule has 5 N–H and O–H groups in total. The zero-order chi connectivity index (χ0) is 28.2. The van der Waals surface area contributed by atoms with E-state index in [9.17, 15) is 31.2 Å². The lowest BCUT2D eigenvalue weighted by Crippen LogP contribution is -2.44. The summed E-state index contributed by atoms with van der Waals surface area (Å²) < 4.78 is 74.1. The lowest BCUT2D eigenvalue weighted by atomic mass is 10.1. The minimum Gasteiger partial charge on any atom is -0.494 e. The van der Waals surface area contributed by atoms with Crippen LogP contribution in [0.15, 0.2) is 60.0 Å². The van der Waals surface area contributed by atoms with Gasteiger partial charge in [0.15, 0.2) is 0 Å². The molecule has 38 heavy (non-hydrogen) atoms. The summed E-state index contributed by atoms with van der Waals surface area (Å²) in [5, 5.41) is 7.68. The molecule has 0 fully saturated rings. The standard InChI is InChI=1S/C23H25F3N4O7S/c24-23(25,26)21(32)37-20(31)19(30-38(33,34)14-11-16-5-2-1-3-6-16)15-17-7-9-18(10-8-17)35-12-4-13-36-29-22(27)28/h1-3,5-11,14,19,30H,4,12-13,15H2,(H4,27,28,29)/b14-11+/t19-/m0/s1. The van der Waals surface area contributed by atoms with Gasteiger partial charge in [-0.15, -0.1) is 0 Å². The Balaban J connectivity index is 2.07. The number of carbonyl (C=O) groups excluding carboxylic acids is 2. The highest BCUT2D eigenvalue weighted by atomic mass is 32.2. The fourth-order valence-electron chi connectivity index (χ4n) is 2.77. The Labute approximate surface area is 216 Å². The number of sulfonamides is 1. The average molecular weight is 559 g/mol. The first-order valence-corrected chi connectivity index (χ1v) is 12.4. The SMILES string of the molecule is N=C(N)NOCCCOc1ccc(C[C@H](NS(=O)(=O)/C=C/c2ccccc2)C(=O)OC(=O)C(F)(F)F)cc1. The molecule has 0 saturated heterocycles. The third kappa shape index (κ3) is 11.4. The summed E-state index contributed by atoms with van der Waals surface area (Å²) in [5.74, 6) is -4.42. The van der Waals surface area contributed by atoms with Gasteiger partial charge in [-0.25, -0.2) is 23.5 Å². The van der Waals surface area contributed by atoms with E-state index in [0.29, 0.717) is 23.3 Å². The molecule has 0 aliphatic heterocycles. The summed E-state index contributed by atoms with van der Waals surface area (Å²) in [4.78, 5) is 28.4. The predicted octanol–water partition coefficient (Wildman–Crippen LogP) is 2.00. The number of hydroxylamine groups is 1. The van der Waals surface area contributed by atoms with Crippen LogP contribution in [0.3, 0.4) is 0 Å². The zero-order valence-electron chi connectivity index (χ0n) is 19.7. The van der Waals surface area contributed by atoms with Crippen molar-refractivity contribution in [1.29, 1.82) is 5.41 Å². The number of esters is 2. The van der Waals surface area contributed by atoms with Gasteiger partial charge in [0.25, 0.3) is 0 Å². The third-order valence-electron chi connectivity index (χ3n) is 4.46. The highest BCUT2D eigenvalue weighted by Crippen LogP contribution is 2.19. The molecule has 1 atom stereocenters. The number of guanidine groups is 1. The Morgan fingerprint density at radius 3 is 2.32 bits per heavy atom. The summed E-state index contributed by atoms with van der Waals surface area (Å²) in [6, 6.07) is 12.3. The number of ether oxygens (including phenoxy) is 2. The molecule has 0 heterocycles. The van der Waals surface area contributed by atoms with E-state index < -0.39 is 40.6 Å². The van der Waals surface area contributed by atoms with Gasteiger partial charge in [0.1, 0.15) is 11.8 Å². The second kappa shape index (κ2) is 14.1. The van der Waals surface area contributed by atoms with E-state index in [2.05, 4.69) is 10.2 Å². The number of carbonyl (C=O) groups is 2. The highest BCUT2D eigenvalue weighted by molar-refractivity contribution is 7.92. The Hall–Kier alpha value is -3.95. The van der Waals surface area contributed by atoms with E-state index in [1.807, 2.05) is 4.72 Å². The molecule has 206 valence electrons. The van der Waals surface area contributed by atoms with Crippen molar-refractivity contribution in [2.45, 2.75) is 25.1 Å². The van der Waals surface area contributed by atoms with E-state index in [-0.39, 0.29) is 19.2 Å². The summed E-state index contributed by atoms with van der Waals surface area (Å²) in [6.07, 6.45) is -4.20. The first-order chi connectivity index (χ1) is 17.9. The first-order valence-electron chi connectivity index (χ1n) is 10.9. The monoisotopic (exact) mass is 558 g/mol. The Morgan fingerprint density at radius 1 is 1.05 bits per heavy atom. The van der Waals surface area contributed by atoms with E-state index in [4.69, 9.17) is 20.7 Å². The molecular formula is C23H25F3N4O7S. The van der Waals surface area contributed by atoms with E-state index >= 15 is 0 Å². The molecule has 0 saturated carbocycles. The molecular weight excluding hydrogens is 533 g/mol. The smallest absolute Gasteiger partial charge is 0.491 e. The average Bonchev–Trinajstić information content (AvgIpc) is 2.85. The second-order valence-electron chi connectivity index (χ2n) is 7.55. The Morgan fingerprint density at radius 2 is 1.71 bits per heavy atom. The minimum atomic E-state index is -5.45. The number of nitrogens with two attached hydrogens (primary N) is 1. The van der Waals surface area contributed by atoms with E-state index in [0.717, 1.165) is 5.41 Å². The molecule has 2 aromatic rings. The molecule has 11 nitrogen and oxygen atoms in total. The molecule has 0 radical (unpaired) electrons. The van der Waals surface area contributed by atoms with Crippen LogP contribution in [0.25, 0.3) is 6.08 Å². The maximum absolute atomic E-state index is 12.6. The van der Waals surface area contributed by atoms with Crippen LogP contribution in [0, 0.1) is 5.41 Å². The van der Waals surface area contributed by atoms with Gasteiger partial charge in [-0.05, 0) is 35.8 Å². The van der Waals surface area contributed by atoms with Crippen molar-refractivity contribution in [3.8, 4) is 5.75 Å². The number of benzene rings is 2. The summed E-state index contributed by atoms with van der Waals surface area (Å²) in [5.41, 5.74) is 8.07. The molecule has 0 amide bonds. The van der Waals surface area contributed by atoms with Gasteiger partial charge in [0.05, 0.1) is 13.2 Å². The van der Waals surface area contributed by atoms with Crippen LogP contribution in [-0.4, -0.2) is 51.7 Å². The summed E-state index contributed by atoms with van der Waals surface area (Å²) >= 11 is 0. The van der Waals surface area contributed by atoms with Crippen molar-refractivity contribution in [3.05, 3.63) is 71.1 Å². The number of alkyl halides is 3. The topological polar surface area (TPSA) is 170 Å². The fourth-order valence-corrected chi connectivity index (χ4v) is 3.76. The van der Waals surface area contributed by atoms with Gasteiger partial charge in [0, 0.05) is 11.8 Å².